The van der Waals surface area contributed by atoms with E-state index >= 15 is 0 Å². The van der Waals surface area contributed by atoms with Gasteiger partial charge in [0.15, 0.2) is 12.3 Å². The Bertz CT molecular complexity index is 782. The van der Waals surface area contributed by atoms with Crippen molar-refractivity contribution in [3.8, 4) is 0 Å². The summed E-state index contributed by atoms with van der Waals surface area (Å²) in [6, 6.07) is 6.06. The van der Waals surface area contributed by atoms with E-state index < -0.39 is 10.0 Å². The maximum absolute atomic E-state index is 12.9. The van der Waals surface area contributed by atoms with Crippen molar-refractivity contribution >= 4 is 21.7 Å². The van der Waals surface area contributed by atoms with Gasteiger partial charge in [0.25, 0.3) is 5.91 Å². The molecule has 1 fully saturated rings. The number of benzene rings is 1. The fourth-order valence-electron chi connectivity index (χ4n) is 3.14. The molecule has 1 aliphatic heterocycles. The summed E-state index contributed by atoms with van der Waals surface area (Å²) in [6.07, 6.45) is 0.697. The van der Waals surface area contributed by atoms with Crippen molar-refractivity contribution in [2.75, 3.05) is 32.7 Å². The fourth-order valence-corrected chi connectivity index (χ4v) is 4.62. The van der Waals surface area contributed by atoms with Gasteiger partial charge >= 0.3 is 0 Å². The van der Waals surface area contributed by atoms with Crippen molar-refractivity contribution in [3.05, 3.63) is 29.8 Å². The Morgan fingerprint density at radius 3 is 2.30 bits per heavy atom. The maximum atomic E-state index is 12.9. The number of hydrogen-bond acceptors (Lipinski definition) is 4. The first-order valence-electron chi connectivity index (χ1n) is 9.25. The van der Waals surface area contributed by atoms with Gasteiger partial charge in [0, 0.05) is 24.1 Å². The normalized spacial score (nSPS) is 19.3. The lowest BCUT2D eigenvalue weighted by molar-refractivity contribution is -0.889. The molecule has 1 amide bonds. The van der Waals surface area contributed by atoms with Crippen LogP contribution in [-0.4, -0.2) is 62.7 Å². The highest BCUT2D eigenvalue weighted by Gasteiger charge is 2.29. The van der Waals surface area contributed by atoms with Gasteiger partial charge in [0.05, 0.1) is 24.5 Å². The van der Waals surface area contributed by atoms with Crippen molar-refractivity contribution in [1.29, 1.82) is 0 Å². The van der Waals surface area contributed by atoms with E-state index in [2.05, 4.69) is 5.32 Å². The number of carbonyl (C=O) groups excluding carboxylic acids is 2. The van der Waals surface area contributed by atoms with Crippen LogP contribution in [0, 0.1) is 0 Å². The van der Waals surface area contributed by atoms with Gasteiger partial charge in [0.2, 0.25) is 10.0 Å². The molecule has 1 aliphatic rings. The lowest BCUT2D eigenvalue weighted by Crippen LogP contribution is -3.13. The number of nitrogens with one attached hydrogen (secondary N) is 2. The Balaban J connectivity index is 2.02. The molecule has 0 bridgehead atoms. The number of hydrogen-bond donors (Lipinski definition) is 2. The molecule has 1 aromatic carbocycles. The zero-order valence-electron chi connectivity index (χ0n) is 16.5. The number of sulfonamides is 1. The molecular weight excluding hydrogens is 366 g/mol. The predicted molar refractivity (Wildman–Crippen MR) is 103 cm³/mol. The Morgan fingerprint density at radius 1 is 1.11 bits per heavy atom. The number of nitrogens with zero attached hydrogens (tertiary/aromatic N) is 1. The summed E-state index contributed by atoms with van der Waals surface area (Å²) in [5.41, 5.74) is 0.217. The van der Waals surface area contributed by atoms with Crippen LogP contribution in [0.2, 0.25) is 0 Å². The Hall–Kier alpha value is -1.77. The second kappa shape index (κ2) is 8.50. The Kier molecular flexibility index (Phi) is 6.77. The number of carbonyl (C=O) groups is 2. The van der Waals surface area contributed by atoms with E-state index in [1.807, 2.05) is 20.8 Å². The van der Waals surface area contributed by atoms with Crippen LogP contribution in [0.15, 0.2) is 29.2 Å². The van der Waals surface area contributed by atoms with Crippen molar-refractivity contribution in [3.63, 3.8) is 0 Å². The van der Waals surface area contributed by atoms with E-state index in [9.17, 15) is 18.0 Å². The smallest absolute Gasteiger partial charge is 0.275 e. The largest absolute Gasteiger partial charge is 0.347 e. The van der Waals surface area contributed by atoms with Gasteiger partial charge in [-0.3, -0.25) is 9.59 Å². The van der Waals surface area contributed by atoms with Crippen LogP contribution < -0.4 is 10.2 Å². The van der Waals surface area contributed by atoms with Crippen LogP contribution in [0.3, 0.4) is 0 Å². The summed E-state index contributed by atoms with van der Waals surface area (Å²) in [6.45, 7) is 9.76. The summed E-state index contributed by atoms with van der Waals surface area (Å²) in [5, 5.41) is 2.95. The molecule has 2 N–H and O–H groups in total. The van der Waals surface area contributed by atoms with E-state index in [0.29, 0.717) is 38.2 Å². The molecule has 0 saturated carbocycles. The molecule has 27 heavy (non-hydrogen) atoms. The highest BCUT2D eigenvalue weighted by molar-refractivity contribution is 7.89. The maximum Gasteiger partial charge on any atom is 0.275 e. The Morgan fingerprint density at radius 2 is 1.74 bits per heavy atom. The van der Waals surface area contributed by atoms with Crippen LogP contribution >= 0.6 is 0 Å². The molecule has 2 rings (SSSR count). The first kappa shape index (κ1) is 21.5. The molecule has 150 valence electrons. The number of ketones is 1. The highest BCUT2D eigenvalue weighted by atomic mass is 32.2. The van der Waals surface area contributed by atoms with Crippen molar-refractivity contribution in [1.82, 2.24) is 9.62 Å². The SMILES string of the molecule is CC(=O)c1ccc(S(=O)(=O)N2CCC[NH+](CC(=O)NC(C)(C)C)CC2)cc1. The molecular formula is C19H30N3O4S+. The molecule has 1 heterocycles. The summed E-state index contributed by atoms with van der Waals surface area (Å²) in [4.78, 5) is 24.8. The third-order valence-corrected chi connectivity index (χ3v) is 6.39. The minimum atomic E-state index is -3.60. The first-order valence-corrected chi connectivity index (χ1v) is 10.7. The molecule has 1 aromatic rings. The van der Waals surface area contributed by atoms with E-state index in [1.54, 1.807) is 12.1 Å². The van der Waals surface area contributed by atoms with Crippen LogP contribution in [0.5, 0.6) is 0 Å². The van der Waals surface area contributed by atoms with E-state index in [-0.39, 0.29) is 22.1 Å². The van der Waals surface area contributed by atoms with E-state index in [1.165, 1.54) is 23.4 Å². The standard InChI is InChI=1S/C19H29N3O4S/c1-15(23)16-6-8-17(9-7-16)27(25,26)22-11-5-10-21(12-13-22)14-18(24)20-19(2,3)4/h6-9H,5,10-14H2,1-4H3,(H,20,24)/p+1. The minimum absolute atomic E-state index is 0.0198. The van der Waals surface area contributed by atoms with Gasteiger partial charge in [-0.2, -0.15) is 4.31 Å². The lowest BCUT2D eigenvalue weighted by atomic mass is 10.1. The zero-order valence-corrected chi connectivity index (χ0v) is 17.4. The fraction of sp³-hybridized carbons (Fsp3) is 0.579. The molecule has 7 nitrogen and oxygen atoms in total. The van der Waals surface area contributed by atoms with Gasteiger partial charge in [0.1, 0.15) is 0 Å². The van der Waals surface area contributed by atoms with Gasteiger partial charge in [-0.25, -0.2) is 8.42 Å². The van der Waals surface area contributed by atoms with Crippen molar-refractivity contribution in [2.45, 2.75) is 44.6 Å². The van der Waals surface area contributed by atoms with E-state index in [4.69, 9.17) is 0 Å². The topological polar surface area (TPSA) is 88.0 Å². The minimum Gasteiger partial charge on any atom is -0.347 e. The summed E-state index contributed by atoms with van der Waals surface area (Å²) < 4.78 is 27.3. The van der Waals surface area contributed by atoms with Crippen LogP contribution in [0.4, 0.5) is 0 Å². The molecule has 1 unspecified atom stereocenters. The molecule has 1 saturated heterocycles. The quantitative estimate of drug-likeness (QED) is 0.690. The lowest BCUT2D eigenvalue weighted by Gasteiger charge is -2.23. The van der Waals surface area contributed by atoms with Crippen LogP contribution in [-0.2, 0) is 14.8 Å². The summed E-state index contributed by atoms with van der Waals surface area (Å²) in [7, 11) is -3.60. The molecule has 1 atom stereocenters. The highest BCUT2D eigenvalue weighted by Crippen LogP contribution is 2.17. The van der Waals surface area contributed by atoms with Gasteiger partial charge < -0.3 is 10.2 Å². The van der Waals surface area contributed by atoms with Gasteiger partial charge in [-0.05, 0) is 39.8 Å². The first-order chi connectivity index (χ1) is 12.5. The average molecular weight is 397 g/mol. The monoisotopic (exact) mass is 396 g/mol. The summed E-state index contributed by atoms with van der Waals surface area (Å²) >= 11 is 0. The van der Waals surface area contributed by atoms with Gasteiger partial charge in [-0.1, -0.05) is 12.1 Å². The van der Waals surface area contributed by atoms with Crippen molar-refractivity contribution in [2.24, 2.45) is 0 Å². The number of amides is 1. The number of quaternary nitrogens is 1. The second-order valence-electron chi connectivity index (χ2n) is 8.06. The molecule has 0 aliphatic carbocycles. The molecule has 0 spiro atoms. The third kappa shape index (κ3) is 6.12. The molecule has 8 heteroatoms. The Labute approximate surface area is 161 Å². The van der Waals surface area contributed by atoms with Crippen molar-refractivity contribution < 1.29 is 22.9 Å². The number of Topliss-reactive ketones (excluding diaryl/α,β-unsaturated/α-hetero) is 1. The third-order valence-electron chi connectivity index (χ3n) is 4.48. The summed E-state index contributed by atoms with van der Waals surface area (Å²) in [5.74, 6) is -0.116. The van der Waals surface area contributed by atoms with Gasteiger partial charge in [-0.15, -0.1) is 0 Å². The van der Waals surface area contributed by atoms with E-state index in [0.717, 1.165) is 11.4 Å². The second-order valence-corrected chi connectivity index (χ2v) is 10.0. The zero-order chi connectivity index (χ0) is 20.2. The molecule has 0 radical (unpaired) electrons. The predicted octanol–water partition coefficient (Wildman–Crippen LogP) is 0.0832. The molecule has 0 aromatic heterocycles. The van der Waals surface area contributed by atoms with Crippen LogP contribution in [0.1, 0.15) is 44.5 Å². The average Bonchev–Trinajstić information content (AvgIpc) is 2.79. The van der Waals surface area contributed by atoms with Crippen LogP contribution in [0.25, 0.3) is 0 Å². The number of rotatable bonds is 5.